The van der Waals surface area contributed by atoms with Crippen LogP contribution in [0.25, 0.3) is 5.69 Å². The van der Waals surface area contributed by atoms with Crippen LogP contribution in [0.1, 0.15) is 56.4 Å². The number of imide groups is 1. The molecule has 4 heterocycles. The average Bonchev–Trinajstić information content (AvgIpc) is 3.50. The van der Waals surface area contributed by atoms with Crippen molar-refractivity contribution in [3.05, 3.63) is 76.6 Å². The first-order valence-corrected chi connectivity index (χ1v) is 11.6. The zero-order chi connectivity index (χ0) is 24.8. The number of nitrogens with zero attached hydrogens (tertiary/aromatic N) is 4. The number of ether oxygens (including phenoxy) is 1. The molecular formula is C25H22N6O5. The molecule has 1 saturated heterocycles. The minimum absolute atomic E-state index is 0.153. The van der Waals surface area contributed by atoms with Crippen molar-refractivity contribution in [3.63, 3.8) is 0 Å². The van der Waals surface area contributed by atoms with Gasteiger partial charge < -0.3 is 15.0 Å². The fraction of sp³-hybridized carbons (Fsp3) is 0.280. The van der Waals surface area contributed by atoms with E-state index in [0.717, 1.165) is 16.7 Å². The van der Waals surface area contributed by atoms with E-state index in [4.69, 9.17) is 4.74 Å². The molecule has 2 aromatic carbocycles. The summed E-state index contributed by atoms with van der Waals surface area (Å²) in [6.07, 6.45) is 2.03. The van der Waals surface area contributed by atoms with Crippen molar-refractivity contribution in [2.75, 3.05) is 6.61 Å². The van der Waals surface area contributed by atoms with Gasteiger partial charge in [0, 0.05) is 18.5 Å². The molecule has 11 heteroatoms. The Kier molecular flexibility index (Phi) is 5.33. The first kappa shape index (κ1) is 22.1. The number of piperidine rings is 1. The van der Waals surface area contributed by atoms with E-state index in [2.05, 4.69) is 20.9 Å². The monoisotopic (exact) mass is 486 g/mol. The molecule has 3 aliphatic rings. The van der Waals surface area contributed by atoms with Crippen molar-refractivity contribution >= 4 is 23.6 Å². The van der Waals surface area contributed by atoms with E-state index in [0.29, 0.717) is 30.9 Å². The maximum Gasteiger partial charge on any atom is 0.274 e. The average molecular weight is 486 g/mol. The number of carbonyl (C=O) groups excluding carboxylic acids is 4. The highest BCUT2D eigenvalue weighted by Gasteiger charge is 2.39. The lowest BCUT2D eigenvalue weighted by Gasteiger charge is -2.29. The number of fused-ring (bicyclic) bond motifs is 2. The number of nitrogens with one attached hydrogen (secondary N) is 2. The van der Waals surface area contributed by atoms with Gasteiger partial charge in [-0.2, -0.15) is 0 Å². The second kappa shape index (κ2) is 8.68. The molecule has 0 bridgehead atoms. The van der Waals surface area contributed by atoms with E-state index >= 15 is 0 Å². The molecule has 0 saturated carbocycles. The molecule has 2 atom stereocenters. The van der Waals surface area contributed by atoms with Crippen molar-refractivity contribution in [3.8, 4) is 5.69 Å². The van der Waals surface area contributed by atoms with Gasteiger partial charge in [0.15, 0.2) is 5.69 Å². The Bertz CT molecular complexity index is 1420. The van der Waals surface area contributed by atoms with Crippen molar-refractivity contribution in [2.24, 2.45) is 0 Å². The van der Waals surface area contributed by atoms with Crippen LogP contribution < -0.4 is 10.6 Å². The first-order chi connectivity index (χ1) is 17.5. The van der Waals surface area contributed by atoms with Gasteiger partial charge in [-0.25, -0.2) is 4.68 Å². The number of hydrogen-bond acceptors (Lipinski definition) is 7. The van der Waals surface area contributed by atoms with Gasteiger partial charge in [0.25, 0.3) is 11.8 Å². The fourth-order valence-corrected chi connectivity index (χ4v) is 4.93. The van der Waals surface area contributed by atoms with E-state index < -0.39 is 11.9 Å². The molecule has 3 aromatic rings. The zero-order valence-corrected chi connectivity index (χ0v) is 19.1. The summed E-state index contributed by atoms with van der Waals surface area (Å²) in [6, 6.07) is 12.0. The highest BCUT2D eigenvalue weighted by atomic mass is 16.5. The van der Waals surface area contributed by atoms with Gasteiger partial charge >= 0.3 is 0 Å². The number of amides is 4. The Hall–Kier alpha value is -4.38. The summed E-state index contributed by atoms with van der Waals surface area (Å²) in [5.41, 5.74) is 4.08. The summed E-state index contributed by atoms with van der Waals surface area (Å²) in [6.45, 7) is 1.14. The van der Waals surface area contributed by atoms with E-state index in [1.165, 1.54) is 15.8 Å². The van der Waals surface area contributed by atoms with Gasteiger partial charge in [-0.3, -0.25) is 24.5 Å². The van der Waals surface area contributed by atoms with Crippen LogP contribution in [-0.4, -0.2) is 56.2 Å². The quantitative estimate of drug-likeness (QED) is 0.526. The van der Waals surface area contributed by atoms with Gasteiger partial charge in [0.2, 0.25) is 11.8 Å². The summed E-state index contributed by atoms with van der Waals surface area (Å²) in [5.74, 6) is -1.40. The minimum atomic E-state index is -0.679. The Morgan fingerprint density at radius 2 is 1.97 bits per heavy atom. The van der Waals surface area contributed by atoms with Crippen LogP contribution in [0.2, 0.25) is 0 Å². The lowest BCUT2D eigenvalue weighted by atomic mass is 9.99. The summed E-state index contributed by atoms with van der Waals surface area (Å²) >= 11 is 0. The summed E-state index contributed by atoms with van der Waals surface area (Å²) in [4.78, 5) is 51.0. The zero-order valence-electron chi connectivity index (χ0n) is 19.1. The molecule has 36 heavy (non-hydrogen) atoms. The van der Waals surface area contributed by atoms with Crippen molar-refractivity contribution in [1.29, 1.82) is 0 Å². The molecule has 4 amide bonds. The second-order valence-corrected chi connectivity index (χ2v) is 9.03. The smallest absolute Gasteiger partial charge is 0.274 e. The standard InChI is InChI=1S/C25H22N6O5/c32-22-8-7-21(24(34)27-22)30-10-15-9-16(5-6-18(15)25(30)35)31-11-19(28-29-31)23(33)26-20-13-36-12-14-3-1-2-4-17(14)20/h1-6,9,11,20-21H,7-8,10,12-13H2,(H,26,33)(H,27,32,34)/t20-,21?/m0/s1. The molecule has 182 valence electrons. The van der Waals surface area contributed by atoms with Crippen LogP contribution in [0.15, 0.2) is 48.7 Å². The third-order valence-electron chi connectivity index (χ3n) is 6.78. The molecular weight excluding hydrogens is 464 g/mol. The van der Waals surface area contributed by atoms with Gasteiger partial charge in [-0.1, -0.05) is 29.5 Å². The van der Waals surface area contributed by atoms with Crippen LogP contribution in [0.4, 0.5) is 0 Å². The van der Waals surface area contributed by atoms with Crippen LogP contribution in [0, 0.1) is 0 Å². The maximum atomic E-state index is 12.9. The molecule has 3 aliphatic heterocycles. The molecule has 1 aromatic heterocycles. The van der Waals surface area contributed by atoms with E-state index in [-0.39, 0.29) is 42.4 Å². The highest BCUT2D eigenvalue weighted by Crippen LogP contribution is 2.29. The maximum absolute atomic E-state index is 12.9. The first-order valence-electron chi connectivity index (χ1n) is 11.6. The second-order valence-electron chi connectivity index (χ2n) is 9.03. The van der Waals surface area contributed by atoms with Crippen molar-refractivity contribution in [1.82, 2.24) is 30.5 Å². The molecule has 0 aliphatic carbocycles. The molecule has 0 spiro atoms. The van der Waals surface area contributed by atoms with E-state index in [9.17, 15) is 19.2 Å². The van der Waals surface area contributed by atoms with E-state index in [1.54, 1.807) is 18.2 Å². The number of hydrogen-bond donors (Lipinski definition) is 2. The summed E-state index contributed by atoms with van der Waals surface area (Å²) < 4.78 is 7.08. The number of benzene rings is 2. The SMILES string of the molecule is O=C1CCC(N2Cc3cc(-n4cc(C(=O)N[C@H]5COCc6ccccc65)nn4)ccc3C2=O)C(=O)N1. The Morgan fingerprint density at radius 3 is 2.83 bits per heavy atom. The normalized spacial score (nSPS) is 21.1. The van der Waals surface area contributed by atoms with E-state index in [1.807, 2.05) is 24.3 Å². The third-order valence-corrected chi connectivity index (χ3v) is 6.78. The van der Waals surface area contributed by atoms with Crippen LogP contribution in [-0.2, 0) is 27.5 Å². The molecule has 6 rings (SSSR count). The van der Waals surface area contributed by atoms with Crippen molar-refractivity contribution < 1.29 is 23.9 Å². The lowest BCUT2D eigenvalue weighted by Crippen LogP contribution is -2.52. The predicted octanol–water partition coefficient (Wildman–Crippen LogP) is 1.03. The van der Waals surface area contributed by atoms with Crippen molar-refractivity contribution in [2.45, 2.75) is 38.1 Å². The van der Waals surface area contributed by atoms with Gasteiger partial charge in [-0.15, -0.1) is 5.10 Å². The fourth-order valence-electron chi connectivity index (χ4n) is 4.93. The largest absolute Gasteiger partial charge is 0.374 e. The molecule has 1 fully saturated rings. The van der Waals surface area contributed by atoms with Gasteiger partial charge in [0.1, 0.15) is 6.04 Å². The number of carbonyl (C=O) groups is 4. The minimum Gasteiger partial charge on any atom is -0.374 e. The molecule has 1 unspecified atom stereocenters. The molecule has 0 radical (unpaired) electrons. The van der Waals surface area contributed by atoms with Gasteiger partial charge in [-0.05, 0) is 41.3 Å². The number of aromatic nitrogens is 3. The third kappa shape index (κ3) is 3.83. The van der Waals surface area contributed by atoms with Gasteiger partial charge in [0.05, 0.1) is 31.1 Å². The van der Waals surface area contributed by atoms with Crippen LogP contribution in [0.5, 0.6) is 0 Å². The Labute approximate surface area is 205 Å². The topological polar surface area (TPSA) is 136 Å². The van der Waals surface area contributed by atoms with Crippen LogP contribution in [0.3, 0.4) is 0 Å². The molecule has 11 nitrogen and oxygen atoms in total. The molecule has 2 N–H and O–H groups in total. The highest BCUT2D eigenvalue weighted by molar-refractivity contribution is 6.05. The summed E-state index contributed by atoms with van der Waals surface area (Å²) in [5, 5.41) is 13.4. The Balaban J connectivity index is 1.18. The predicted molar refractivity (Wildman–Crippen MR) is 124 cm³/mol. The summed E-state index contributed by atoms with van der Waals surface area (Å²) in [7, 11) is 0. The lowest BCUT2D eigenvalue weighted by molar-refractivity contribution is -0.136. The Morgan fingerprint density at radius 1 is 1.11 bits per heavy atom. The number of rotatable bonds is 4. The van der Waals surface area contributed by atoms with Crippen LogP contribution >= 0.6 is 0 Å².